The zero-order valence-corrected chi connectivity index (χ0v) is 14.7. The molecule has 0 saturated carbocycles. The van der Waals surface area contributed by atoms with Gasteiger partial charge in [-0.15, -0.1) is 0 Å². The van der Waals surface area contributed by atoms with E-state index in [2.05, 4.69) is 10.6 Å². The molecule has 1 atom stereocenters. The molecule has 1 rings (SSSR count). The Labute approximate surface area is 132 Å². The Morgan fingerprint density at radius 3 is 2.23 bits per heavy atom. The van der Waals surface area contributed by atoms with Crippen molar-refractivity contribution in [1.29, 1.82) is 0 Å². The molecule has 0 aliphatic rings. The third kappa shape index (κ3) is 4.74. The fourth-order valence-corrected chi connectivity index (χ4v) is 2.03. The number of urea groups is 1. The molecule has 6 heteroatoms. The summed E-state index contributed by atoms with van der Waals surface area (Å²) < 4.78 is 5.43. The molecule has 1 aromatic rings. The number of hydrogen-bond donors (Lipinski definition) is 3. The Bertz CT molecular complexity index is 519. The predicted octanol–water partition coefficient (Wildman–Crippen LogP) is 1.74. The van der Waals surface area contributed by atoms with Crippen LogP contribution in [0.25, 0.3) is 0 Å². The number of rotatable bonds is 6. The van der Waals surface area contributed by atoms with E-state index in [0.717, 1.165) is 5.76 Å². The SMILES string of the molecule is Cc1cc([C@@](C)(O)CNC(=O)NCC(C)(C)N(C)C)c(C)o1. The molecule has 1 aromatic heterocycles. The summed E-state index contributed by atoms with van der Waals surface area (Å²) in [6.45, 7) is 10.0. The number of amides is 2. The molecule has 2 amide bonds. The lowest BCUT2D eigenvalue weighted by Crippen LogP contribution is -2.51. The number of nitrogens with one attached hydrogen (secondary N) is 2. The average molecular weight is 311 g/mol. The number of carbonyl (C=O) groups excluding carboxylic acids is 1. The van der Waals surface area contributed by atoms with Gasteiger partial charge in [-0.2, -0.15) is 0 Å². The first-order chi connectivity index (χ1) is 9.95. The lowest BCUT2D eigenvalue weighted by Gasteiger charge is -2.32. The minimum Gasteiger partial charge on any atom is -0.466 e. The van der Waals surface area contributed by atoms with Crippen LogP contribution in [-0.2, 0) is 5.60 Å². The minimum absolute atomic E-state index is 0.112. The fourth-order valence-electron chi connectivity index (χ4n) is 2.03. The van der Waals surface area contributed by atoms with Crippen LogP contribution in [0.4, 0.5) is 4.79 Å². The molecule has 0 aromatic carbocycles. The molecule has 0 unspecified atom stereocenters. The third-order valence-corrected chi connectivity index (χ3v) is 4.11. The van der Waals surface area contributed by atoms with Crippen LogP contribution in [0.3, 0.4) is 0 Å². The second-order valence-corrected chi connectivity index (χ2v) is 6.84. The molecule has 0 spiro atoms. The Morgan fingerprint density at radius 2 is 1.77 bits per heavy atom. The molecule has 6 nitrogen and oxygen atoms in total. The zero-order chi connectivity index (χ0) is 17.1. The van der Waals surface area contributed by atoms with Crippen molar-refractivity contribution in [1.82, 2.24) is 15.5 Å². The molecule has 126 valence electrons. The summed E-state index contributed by atoms with van der Waals surface area (Å²) in [5.41, 5.74) is -0.618. The standard InChI is InChI=1S/C16H29N3O3/c1-11-8-13(12(2)22-11)16(5,21)10-18-14(20)17-9-15(3,4)19(6)7/h8,21H,9-10H2,1-7H3,(H2,17,18,20)/t16-/m0/s1. The van der Waals surface area contributed by atoms with E-state index in [9.17, 15) is 9.90 Å². The van der Waals surface area contributed by atoms with Crippen molar-refractivity contribution in [3.05, 3.63) is 23.2 Å². The molecule has 0 aliphatic heterocycles. The monoisotopic (exact) mass is 311 g/mol. The van der Waals surface area contributed by atoms with E-state index < -0.39 is 5.60 Å². The van der Waals surface area contributed by atoms with Crippen molar-refractivity contribution in [2.75, 3.05) is 27.2 Å². The van der Waals surface area contributed by atoms with Gasteiger partial charge in [0.15, 0.2) is 0 Å². The van der Waals surface area contributed by atoms with Gasteiger partial charge in [0.05, 0.1) is 6.54 Å². The molecule has 22 heavy (non-hydrogen) atoms. The van der Waals surface area contributed by atoms with Crippen LogP contribution in [0, 0.1) is 13.8 Å². The van der Waals surface area contributed by atoms with Gasteiger partial charge in [-0.25, -0.2) is 4.79 Å². The maximum absolute atomic E-state index is 11.9. The van der Waals surface area contributed by atoms with Crippen LogP contribution >= 0.6 is 0 Å². The van der Waals surface area contributed by atoms with Gasteiger partial charge in [0.25, 0.3) is 0 Å². The molecule has 0 radical (unpaired) electrons. The van der Waals surface area contributed by atoms with Crippen LogP contribution in [0.15, 0.2) is 10.5 Å². The summed E-state index contributed by atoms with van der Waals surface area (Å²) in [5.74, 6) is 1.41. The maximum atomic E-state index is 11.9. The summed E-state index contributed by atoms with van der Waals surface area (Å²) in [6, 6.07) is 1.50. The van der Waals surface area contributed by atoms with Crippen LogP contribution in [0.2, 0.25) is 0 Å². The highest BCUT2D eigenvalue weighted by atomic mass is 16.3. The van der Waals surface area contributed by atoms with E-state index in [1.807, 2.05) is 39.8 Å². The zero-order valence-electron chi connectivity index (χ0n) is 14.7. The molecule has 0 bridgehead atoms. The van der Waals surface area contributed by atoms with Crippen molar-refractivity contribution in [3.63, 3.8) is 0 Å². The first-order valence-electron chi connectivity index (χ1n) is 7.45. The number of carbonyl (C=O) groups is 1. The van der Waals surface area contributed by atoms with Gasteiger partial charge < -0.3 is 25.1 Å². The second kappa shape index (κ2) is 6.71. The number of furan rings is 1. The van der Waals surface area contributed by atoms with E-state index in [-0.39, 0.29) is 18.1 Å². The van der Waals surface area contributed by atoms with Crippen molar-refractivity contribution in [2.45, 2.75) is 45.8 Å². The molecule has 3 N–H and O–H groups in total. The van der Waals surface area contributed by atoms with Crippen LogP contribution < -0.4 is 10.6 Å². The van der Waals surface area contributed by atoms with Gasteiger partial charge in [0, 0.05) is 17.6 Å². The van der Waals surface area contributed by atoms with Gasteiger partial charge in [-0.05, 0) is 54.8 Å². The minimum atomic E-state index is -1.17. The van der Waals surface area contributed by atoms with Gasteiger partial charge in [0.2, 0.25) is 0 Å². The number of aliphatic hydroxyl groups is 1. The Hall–Kier alpha value is -1.53. The number of likely N-dealkylation sites (N-methyl/N-ethyl adjacent to an activating group) is 1. The van der Waals surface area contributed by atoms with E-state index in [0.29, 0.717) is 17.9 Å². The predicted molar refractivity (Wildman–Crippen MR) is 86.9 cm³/mol. The largest absolute Gasteiger partial charge is 0.466 e. The molecule has 0 aliphatic carbocycles. The van der Waals surface area contributed by atoms with E-state index in [4.69, 9.17) is 4.42 Å². The number of aryl methyl sites for hydroxylation is 2. The summed E-state index contributed by atoms with van der Waals surface area (Å²) in [6.07, 6.45) is 0. The fraction of sp³-hybridized carbons (Fsp3) is 0.688. The third-order valence-electron chi connectivity index (χ3n) is 4.11. The highest BCUT2D eigenvalue weighted by molar-refractivity contribution is 5.74. The lowest BCUT2D eigenvalue weighted by atomic mass is 9.96. The Balaban J connectivity index is 2.55. The van der Waals surface area contributed by atoms with E-state index in [1.165, 1.54) is 0 Å². The Morgan fingerprint density at radius 1 is 1.23 bits per heavy atom. The summed E-state index contributed by atoms with van der Waals surface area (Å²) in [4.78, 5) is 13.9. The molecule has 0 saturated heterocycles. The highest BCUT2D eigenvalue weighted by Crippen LogP contribution is 2.26. The smallest absolute Gasteiger partial charge is 0.314 e. The molecule has 1 heterocycles. The highest BCUT2D eigenvalue weighted by Gasteiger charge is 2.28. The van der Waals surface area contributed by atoms with Crippen LogP contribution in [0.5, 0.6) is 0 Å². The van der Waals surface area contributed by atoms with Crippen LogP contribution in [0.1, 0.15) is 37.9 Å². The summed E-state index contributed by atoms with van der Waals surface area (Å²) in [7, 11) is 3.93. The number of nitrogens with zero attached hydrogens (tertiary/aromatic N) is 1. The van der Waals surface area contributed by atoms with E-state index in [1.54, 1.807) is 19.9 Å². The average Bonchev–Trinajstić information content (AvgIpc) is 2.74. The van der Waals surface area contributed by atoms with E-state index >= 15 is 0 Å². The van der Waals surface area contributed by atoms with Crippen molar-refractivity contribution in [2.24, 2.45) is 0 Å². The molecule has 0 fully saturated rings. The van der Waals surface area contributed by atoms with Crippen molar-refractivity contribution < 1.29 is 14.3 Å². The normalized spacial score (nSPS) is 14.8. The first kappa shape index (κ1) is 18.5. The first-order valence-corrected chi connectivity index (χ1v) is 7.45. The lowest BCUT2D eigenvalue weighted by molar-refractivity contribution is 0.0577. The molecular formula is C16H29N3O3. The van der Waals surface area contributed by atoms with Gasteiger partial charge in [-0.3, -0.25) is 0 Å². The van der Waals surface area contributed by atoms with Gasteiger partial charge in [-0.1, -0.05) is 0 Å². The summed E-state index contributed by atoms with van der Waals surface area (Å²) >= 11 is 0. The quantitative estimate of drug-likeness (QED) is 0.748. The topological polar surface area (TPSA) is 77.7 Å². The number of hydrogen-bond acceptors (Lipinski definition) is 4. The van der Waals surface area contributed by atoms with Crippen LogP contribution in [-0.4, -0.2) is 48.8 Å². The van der Waals surface area contributed by atoms with Crippen molar-refractivity contribution in [3.8, 4) is 0 Å². The van der Waals surface area contributed by atoms with Gasteiger partial charge in [0.1, 0.15) is 17.1 Å². The second-order valence-electron chi connectivity index (χ2n) is 6.84. The maximum Gasteiger partial charge on any atom is 0.314 e. The van der Waals surface area contributed by atoms with Crippen molar-refractivity contribution >= 4 is 6.03 Å². The Kier molecular flexibility index (Phi) is 5.65. The van der Waals surface area contributed by atoms with Gasteiger partial charge >= 0.3 is 6.03 Å². The summed E-state index contributed by atoms with van der Waals surface area (Å²) in [5, 5.41) is 16.1. The molecular weight excluding hydrogens is 282 g/mol.